The molecular formula is C29H57N5O8Si3. The quantitative estimate of drug-likeness (QED) is 0.141. The van der Waals surface area contributed by atoms with Crippen molar-refractivity contribution in [1.29, 1.82) is 0 Å². The molecule has 0 amide bonds. The van der Waals surface area contributed by atoms with E-state index >= 15 is 0 Å². The highest BCUT2D eigenvalue weighted by atomic mass is 28.4. The maximum Gasteiger partial charge on any atom is 0.246 e. The topological polar surface area (TPSA) is 143 Å². The van der Waals surface area contributed by atoms with Gasteiger partial charge < -0.3 is 15.2 Å². The third-order valence-electron chi connectivity index (χ3n) is 9.81. The molecule has 3 rings (SSSR count). The highest BCUT2D eigenvalue weighted by molar-refractivity contribution is 6.74. The van der Waals surface area contributed by atoms with Gasteiger partial charge in [-0.25, -0.2) is 19.6 Å². The maximum atomic E-state index is 6.67. The van der Waals surface area contributed by atoms with Gasteiger partial charge in [-0.15, -0.1) is 0 Å². The van der Waals surface area contributed by atoms with Crippen LogP contribution >= 0.6 is 0 Å². The molecule has 0 spiro atoms. The molecule has 0 saturated carbocycles. The monoisotopic (exact) mass is 687 g/mol. The van der Waals surface area contributed by atoms with Gasteiger partial charge >= 0.3 is 0 Å². The first-order valence-electron chi connectivity index (χ1n) is 15.5. The molecule has 2 N–H and O–H groups in total. The molecule has 1 fully saturated rings. The fourth-order valence-electron chi connectivity index (χ4n) is 3.50. The lowest BCUT2D eigenvalue weighted by Gasteiger charge is -2.38. The van der Waals surface area contributed by atoms with Gasteiger partial charge in [0.15, 0.2) is 29.6 Å². The van der Waals surface area contributed by atoms with Crippen LogP contribution in [0.3, 0.4) is 0 Å². The fourth-order valence-corrected chi connectivity index (χ4v) is 5.31. The Bertz CT molecular complexity index is 1300. The molecule has 1 saturated heterocycles. The van der Waals surface area contributed by atoms with Crippen LogP contribution < -0.4 is 10.5 Å². The van der Waals surface area contributed by atoms with Crippen molar-refractivity contribution in [3.63, 3.8) is 0 Å². The Hall–Kier alpha value is -1.48. The molecular weight excluding hydrogens is 631 g/mol. The molecule has 0 radical (unpaired) electrons. The Morgan fingerprint density at radius 3 is 1.76 bits per heavy atom. The second-order valence-corrected chi connectivity index (χ2v) is 30.5. The number of rotatable bonds is 12. The van der Waals surface area contributed by atoms with Gasteiger partial charge in [0.2, 0.25) is 36.8 Å². The zero-order chi connectivity index (χ0) is 34.4. The minimum Gasteiger partial charge on any atom is -0.479 e. The van der Waals surface area contributed by atoms with Crippen LogP contribution in [0.5, 0.6) is 5.88 Å². The average molecular weight is 688 g/mol. The molecule has 2 aromatic rings. The average Bonchev–Trinajstić information content (AvgIpc) is 3.44. The molecule has 0 aromatic carbocycles. The molecule has 13 nitrogen and oxygen atoms in total. The normalized spacial score (nSPS) is 22.4. The van der Waals surface area contributed by atoms with Crippen molar-refractivity contribution in [2.24, 2.45) is 0 Å². The number of methoxy groups -OCH3 is 1. The molecule has 258 valence electrons. The minimum absolute atomic E-state index is 0.0332. The summed E-state index contributed by atoms with van der Waals surface area (Å²) in [5.74, 6) is 0.284. The van der Waals surface area contributed by atoms with Gasteiger partial charge in [-0.1, -0.05) is 62.3 Å². The van der Waals surface area contributed by atoms with Crippen LogP contribution in [0.2, 0.25) is 54.4 Å². The molecule has 0 unspecified atom stereocenters. The number of imidazole rings is 1. The van der Waals surface area contributed by atoms with E-state index in [0.717, 1.165) is 0 Å². The minimum atomic E-state index is -2.38. The van der Waals surface area contributed by atoms with Gasteiger partial charge in [-0.3, -0.25) is 18.3 Å². The van der Waals surface area contributed by atoms with Crippen molar-refractivity contribution >= 4 is 42.1 Å². The zero-order valence-electron chi connectivity index (χ0n) is 30.2. The predicted molar refractivity (Wildman–Crippen MR) is 181 cm³/mol. The van der Waals surface area contributed by atoms with E-state index in [2.05, 4.69) is 117 Å². The lowest BCUT2D eigenvalue weighted by Crippen LogP contribution is -2.48. The second kappa shape index (κ2) is 13.2. The van der Waals surface area contributed by atoms with E-state index in [-0.39, 0.29) is 33.6 Å². The van der Waals surface area contributed by atoms with Gasteiger partial charge in [-0.2, -0.15) is 9.97 Å². The van der Waals surface area contributed by atoms with E-state index in [9.17, 15) is 0 Å². The van der Waals surface area contributed by atoms with Crippen molar-refractivity contribution in [3.8, 4) is 5.88 Å². The first kappa shape index (κ1) is 38.0. The molecule has 3 heterocycles. The third kappa shape index (κ3) is 8.34. The van der Waals surface area contributed by atoms with Gasteiger partial charge in [0, 0.05) is 0 Å². The van der Waals surface area contributed by atoms with Crippen LogP contribution in [0.4, 0.5) is 5.95 Å². The smallest absolute Gasteiger partial charge is 0.246 e. The number of nitrogen functional groups attached to an aromatic ring is 1. The molecule has 16 heteroatoms. The summed E-state index contributed by atoms with van der Waals surface area (Å²) >= 11 is 0. The van der Waals surface area contributed by atoms with Gasteiger partial charge in [0.25, 0.3) is 0 Å². The number of aromatic nitrogens is 4. The third-order valence-corrected chi connectivity index (χ3v) is 22.2. The molecule has 45 heavy (non-hydrogen) atoms. The van der Waals surface area contributed by atoms with Crippen molar-refractivity contribution < 1.29 is 37.9 Å². The molecule has 1 aliphatic heterocycles. The maximum absolute atomic E-state index is 6.67. The lowest BCUT2D eigenvalue weighted by molar-refractivity contribution is -0.338. The number of nitrogens with zero attached hydrogens (tertiary/aromatic N) is 4. The summed E-state index contributed by atoms with van der Waals surface area (Å²) < 4.78 is 32.5. The molecule has 1 aliphatic rings. The van der Waals surface area contributed by atoms with Crippen LogP contribution in [-0.2, 0) is 33.1 Å². The summed E-state index contributed by atoms with van der Waals surface area (Å²) in [6.07, 6.45) is -1.47. The van der Waals surface area contributed by atoms with E-state index in [1.807, 2.05) is 0 Å². The number of ether oxygens (including phenoxy) is 2. The van der Waals surface area contributed by atoms with E-state index in [4.69, 9.17) is 43.6 Å². The summed E-state index contributed by atoms with van der Waals surface area (Å²) in [4.78, 5) is 31.8. The van der Waals surface area contributed by atoms with Gasteiger partial charge in [0.05, 0.1) is 13.4 Å². The fraction of sp³-hybridized carbons (Fsp3) is 0.828. The van der Waals surface area contributed by atoms with E-state index in [1.54, 1.807) is 10.9 Å². The van der Waals surface area contributed by atoms with Gasteiger partial charge in [-0.05, 0) is 54.4 Å². The number of nitrogens with two attached hydrogens (primary N) is 1. The molecule has 0 bridgehead atoms. The van der Waals surface area contributed by atoms with Crippen LogP contribution in [0.15, 0.2) is 6.33 Å². The van der Waals surface area contributed by atoms with Crippen LogP contribution in [0, 0.1) is 0 Å². The first-order valence-corrected chi connectivity index (χ1v) is 24.2. The Labute approximate surface area is 271 Å². The van der Waals surface area contributed by atoms with Gasteiger partial charge in [0.1, 0.15) is 12.7 Å². The van der Waals surface area contributed by atoms with Crippen LogP contribution in [0.25, 0.3) is 11.2 Å². The number of hydrogen-bond acceptors (Lipinski definition) is 12. The summed E-state index contributed by atoms with van der Waals surface area (Å²) in [5.41, 5.74) is 6.89. The lowest BCUT2D eigenvalue weighted by atomic mass is 10.1. The predicted octanol–water partition coefficient (Wildman–Crippen LogP) is 6.91. The Balaban J connectivity index is 2.07. The summed E-state index contributed by atoms with van der Waals surface area (Å²) in [5, 5.41) is -0.278. The first-order chi connectivity index (χ1) is 20.3. The van der Waals surface area contributed by atoms with Crippen molar-refractivity contribution in [1.82, 2.24) is 19.5 Å². The number of hydrogen-bond donors (Lipinski definition) is 1. The largest absolute Gasteiger partial charge is 0.479 e. The molecule has 0 aliphatic carbocycles. The molecule has 4 atom stereocenters. The Morgan fingerprint density at radius 2 is 1.27 bits per heavy atom. The van der Waals surface area contributed by atoms with Crippen LogP contribution in [-0.4, -0.2) is 76.5 Å². The van der Waals surface area contributed by atoms with Crippen molar-refractivity contribution in [2.75, 3.05) is 19.5 Å². The second-order valence-electron chi connectivity index (χ2n) is 16.4. The highest BCUT2D eigenvalue weighted by Crippen LogP contribution is 2.43. The van der Waals surface area contributed by atoms with Crippen molar-refractivity contribution in [2.45, 2.75) is 141 Å². The van der Waals surface area contributed by atoms with Crippen LogP contribution in [0.1, 0.15) is 68.5 Å². The van der Waals surface area contributed by atoms with Crippen molar-refractivity contribution in [3.05, 3.63) is 6.33 Å². The number of fused-ring (bicyclic) bond motifs is 1. The summed E-state index contributed by atoms with van der Waals surface area (Å²) in [7, 11) is -5.47. The zero-order valence-corrected chi connectivity index (χ0v) is 33.2. The van der Waals surface area contributed by atoms with E-state index in [0.29, 0.717) is 11.2 Å². The summed E-state index contributed by atoms with van der Waals surface area (Å²) in [6, 6.07) is 0. The Morgan fingerprint density at radius 1 is 0.778 bits per heavy atom. The van der Waals surface area contributed by atoms with E-state index < -0.39 is 49.5 Å². The standard InChI is InChI=1S/C29H57N5O8Si3/c1-27(2,3)43(11,12)40-36-17-19-21(38-41-44(13,14)28(4,5)6)22(39-42-45(15,16)29(7,8)9)25(37-19)34-18-31-20-23(34)32-26(30)33-24(20)35-10/h18-19,21-22,25H,17H2,1-16H3,(H2,30,32,33)/t19-,21-,22-,25-/m1/s1. The summed E-state index contributed by atoms with van der Waals surface area (Å²) in [6.45, 7) is 32.1. The Kier molecular flexibility index (Phi) is 11.1. The number of anilines is 1. The SMILES string of the molecule is COc1nc(N)nc2c1ncn2[C@@H]1O[C@H](COO[Si](C)(C)C(C)(C)C)[C@@H](OO[Si](C)(C)C(C)(C)C)[C@H]1OO[Si](C)(C)C(C)(C)C. The highest BCUT2D eigenvalue weighted by Gasteiger charge is 2.53. The van der Waals surface area contributed by atoms with E-state index in [1.165, 1.54) is 7.11 Å². The molecule has 2 aromatic heterocycles.